The van der Waals surface area contributed by atoms with Gasteiger partial charge in [0.15, 0.2) is 0 Å². The van der Waals surface area contributed by atoms with Gasteiger partial charge in [0.05, 0.1) is 12.6 Å². The second-order valence-electron chi connectivity index (χ2n) is 8.99. The summed E-state index contributed by atoms with van der Waals surface area (Å²) in [6, 6.07) is -0.983. The fourth-order valence-electron chi connectivity index (χ4n) is 2.36. The van der Waals surface area contributed by atoms with E-state index in [0.29, 0.717) is 19.4 Å². The van der Waals surface area contributed by atoms with E-state index in [-0.39, 0.29) is 50.1 Å². The van der Waals surface area contributed by atoms with Crippen LogP contribution in [0.25, 0.3) is 0 Å². The van der Waals surface area contributed by atoms with Gasteiger partial charge in [-0.05, 0) is 24.7 Å². The lowest BCUT2D eigenvalue weighted by atomic mass is 10.0. The van der Waals surface area contributed by atoms with Crippen molar-refractivity contribution in [1.29, 1.82) is 0 Å². The van der Waals surface area contributed by atoms with Gasteiger partial charge in [-0.1, -0.05) is 61.8 Å². The summed E-state index contributed by atoms with van der Waals surface area (Å²) in [5.41, 5.74) is 5.30. The van der Waals surface area contributed by atoms with Crippen LogP contribution in [0.1, 0.15) is 93.9 Å². The average Bonchev–Trinajstić information content (AvgIpc) is 2.85. The Labute approximate surface area is 227 Å². The zero-order valence-corrected chi connectivity index (χ0v) is 24.9. The maximum absolute atomic E-state index is 12.3. The maximum Gasteiger partial charge on any atom is 0.289 e. The quantitative estimate of drug-likeness (QED) is 0.194. The lowest BCUT2D eigenvalue weighted by Crippen LogP contribution is -2.48. The third kappa shape index (κ3) is 29.3. The van der Waals surface area contributed by atoms with Gasteiger partial charge in [0, 0.05) is 39.4 Å². The minimum absolute atomic E-state index is 0.0270. The summed E-state index contributed by atoms with van der Waals surface area (Å²) in [5, 5.41) is 5.01. The number of likely N-dealkylation sites (N-methyl/N-ethyl adjacent to an activating group) is 1. The molecule has 0 fully saturated rings. The maximum atomic E-state index is 12.3. The van der Waals surface area contributed by atoms with E-state index in [4.69, 9.17) is 18.6 Å². The van der Waals surface area contributed by atoms with Gasteiger partial charge in [0.2, 0.25) is 17.6 Å². The van der Waals surface area contributed by atoms with E-state index in [0.717, 1.165) is 5.92 Å². The third-order valence-corrected chi connectivity index (χ3v) is 4.10. The van der Waals surface area contributed by atoms with Gasteiger partial charge in [0.1, 0.15) is 0 Å². The Bertz CT molecular complexity index is 690. The molecule has 0 saturated carbocycles. The Morgan fingerprint density at radius 2 is 1.43 bits per heavy atom. The minimum Gasteiger partial charge on any atom is -0.348 e. The molecule has 0 bridgehead atoms. The second kappa shape index (κ2) is 29.4. The first-order valence-corrected chi connectivity index (χ1v) is 13.3. The number of nitrogens with one attached hydrogen (secondary N) is 2. The Hall–Kier alpha value is -2.84. The number of rotatable bonds is 13. The molecule has 37 heavy (non-hydrogen) atoms. The highest BCUT2D eigenvalue weighted by Gasteiger charge is 2.26. The first kappa shape index (κ1) is 41.3. The number of nitrogens with zero attached hydrogens (tertiary/aromatic N) is 1. The van der Waals surface area contributed by atoms with E-state index in [1.807, 2.05) is 20.8 Å². The highest BCUT2D eigenvalue weighted by Crippen LogP contribution is 2.09. The molecule has 0 heterocycles. The smallest absolute Gasteiger partial charge is 0.289 e. The number of carbonyl (C=O) groups excluding carboxylic acids is 4. The van der Waals surface area contributed by atoms with Gasteiger partial charge < -0.3 is 21.3 Å². The van der Waals surface area contributed by atoms with Crippen LogP contribution < -0.4 is 16.4 Å². The highest BCUT2D eigenvalue weighted by molar-refractivity contribution is 6.38. The molecule has 0 spiro atoms. The van der Waals surface area contributed by atoms with E-state index in [1.54, 1.807) is 7.05 Å². The Balaban J connectivity index is -0.000000524. The molecule has 4 N–H and O–H groups in total. The van der Waals surface area contributed by atoms with Crippen molar-refractivity contribution in [3.8, 4) is 24.7 Å². The normalized spacial score (nSPS) is 10.7. The molecule has 0 rings (SSSR count). The molecule has 0 aliphatic carbocycles. The van der Waals surface area contributed by atoms with E-state index in [2.05, 4.69) is 57.1 Å². The predicted molar refractivity (Wildman–Crippen MR) is 154 cm³/mol. The molecule has 0 aromatic carbocycles. The van der Waals surface area contributed by atoms with Crippen LogP contribution in [-0.2, 0) is 19.2 Å². The number of carbonyl (C=O) groups is 4. The van der Waals surface area contributed by atoms with Crippen LogP contribution in [-0.4, -0.2) is 61.1 Å². The number of amides is 3. The SMILES string of the molecule is C#CCCNC(=O)C(=O)C(CCC#C)NC(=O)CC(C)CCN(C)C(=O)CN.CC.CC(C)C.CCC. The predicted octanol–water partition coefficient (Wildman–Crippen LogP) is 3.53. The summed E-state index contributed by atoms with van der Waals surface area (Å²) < 4.78 is 0. The van der Waals surface area contributed by atoms with Gasteiger partial charge >= 0.3 is 0 Å². The molecule has 3 amide bonds. The lowest BCUT2D eigenvalue weighted by molar-refractivity contribution is -0.140. The molecule has 0 aromatic rings. The fourth-order valence-corrected chi connectivity index (χ4v) is 2.36. The molecule has 214 valence electrons. The Kier molecular flexibility index (Phi) is 32.8. The topological polar surface area (TPSA) is 122 Å². The molecule has 0 aliphatic heterocycles. The number of terminal acetylenes is 2. The number of hydrogen-bond donors (Lipinski definition) is 3. The summed E-state index contributed by atoms with van der Waals surface area (Å²) in [7, 11) is 1.65. The van der Waals surface area contributed by atoms with E-state index in [1.165, 1.54) is 11.3 Å². The Morgan fingerprint density at radius 3 is 1.86 bits per heavy atom. The lowest BCUT2D eigenvalue weighted by Gasteiger charge is -2.20. The van der Waals surface area contributed by atoms with Crippen molar-refractivity contribution in [2.75, 3.05) is 26.7 Å². The van der Waals surface area contributed by atoms with Crippen molar-refractivity contribution < 1.29 is 19.2 Å². The van der Waals surface area contributed by atoms with Crippen LogP contribution in [0.5, 0.6) is 0 Å². The molecule has 2 atom stereocenters. The van der Waals surface area contributed by atoms with Gasteiger partial charge in [0.25, 0.3) is 5.91 Å². The van der Waals surface area contributed by atoms with Crippen molar-refractivity contribution >= 4 is 23.5 Å². The summed E-state index contributed by atoms with van der Waals surface area (Å²) in [6.45, 7) is 17.2. The largest absolute Gasteiger partial charge is 0.348 e. The molecule has 0 radical (unpaired) electrons. The molecule has 0 aromatic heterocycles. The number of Topliss-reactive ketones (excluding diaryl/α,β-unsaturated/α-hetero) is 1. The van der Waals surface area contributed by atoms with Crippen molar-refractivity contribution in [3.05, 3.63) is 0 Å². The number of ketones is 1. The third-order valence-electron chi connectivity index (χ3n) is 4.10. The number of hydrogen-bond acceptors (Lipinski definition) is 5. The fraction of sp³-hybridized carbons (Fsp3) is 0.724. The number of nitrogens with two attached hydrogens (primary N) is 1. The zero-order chi connectivity index (χ0) is 29.8. The highest BCUT2D eigenvalue weighted by atomic mass is 16.2. The summed E-state index contributed by atoms with van der Waals surface area (Å²) in [4.78, 5) is 49.4. The summed E-state index contributed by atoms with van der Waals surface area (Å²) in [5.74, 6) is 3.48. The molecule has 2 unspecified atom stereocenters. The van der Waals surface area contributed by atoms with Crippen LogP contribution in [0, 0.1) is 36.5 Å². The Morgan fingerprint density at radius 1 is 0.946 bits per heavy atom. The van der Waals surface area contributed by atoms with Crippen LogP contribution in [0.3, 0.4) is 0 Å². The van der Waals surface area contributed by atoms with Gasteiger partial charge in [-0.2, -0.15) is 0 Å². The zero-order valence-electron chi connectivity index (χ0n) is 24.9. The molecular formula is C29H54N4O4. The summed E-state index contributed by atoms with van der Waals surface area (Å²) >= 11 is 0. The van der Waals surface area contributed by atoms with Crippen LogP contribution in [0.2, 0.25) is 0 Å². The van der Waals surface area contributed by atoms with Crippen LogP contribution in [0.15, 0.2) is 0 Å². The molecule has 8 nitrogen and oxygen atoms in total. The van der Waals surface area contributed by atoms with Crippen molar-refractivity contribution in [2.45, 2.75) is 100.0 Å². The van der Waals surface area contributed by atoms with Crippen LogP contribution in [0.4, 0.5) is 0 Å². The van der Waals surface area contributed by atoms with E-state index >= 15 is 0 Å². The van der Waals surface area contributed by atoms with E-state index in [9.17, 15) is 19.2 Å². The average molecular weight is 523 g/mol. The molecule has 0 saturated heterocycles. The van der Waals surface area contributed by atoms with Crippen LogP contribution >= 0.6 is 0 Å². The van der Waals surface area contributed by atoms with E-state index < -0.39 is 17.7 Å². The van der Waals surface area contributed by atoms with Crippen molar-refractivity contribution in [3.63, 3.8) is 0 Å². The van der Waals surface area contributed by atoms with Gasteiger partial charge in [-0.15, -0.1) is 24.7 Å². The van der Waals surface area contributed by atoms with Crippen molar-refractivity contribution in [1.82, 2.24) is 15.5 Å². The second-order valence-corrected chi connectivity index (χ2v) is 8.99. The first-order valence-electron chi connectivity index (χ1n) is 13.3. The first-order chi connectivity index (χ1) is 17.4. The standard InChI is InChI=1S/C20H30N4O4.C4H10.C3H8.C2H6/c1-5-7-9-16(19(27)20(28)22-11-8-6-2)23-17(25)13-15(3)10-12-24(4)18(26)14-21;1-4(2)3;1-3-2;1-2/h1-2,15-16H,7-14,21H2,3-4H3,(H,22,28)(H,23,25);4H,1-3H3;3H2,1-2H3;1-2H3. The molecule has 0 aliphatic rings. The molecular weight excluding hydrogens is 468 g/mol. The minimum atomic E-state index is -0.983. The van der Waals surface area contributed by atoms with Gasteiger partial charge in [-0.25, -0.2) is 0 Å². The summed E-state index contributed by atoms with van der Waals surface area (Å²) in [6.07, 6.45) is 13.1. The van der Waals surface area contributed by atoms with Gasteiger partial charge in [-0.3, -0.25) is 19.2 Å². The molecule has 8 heteroatoms. The monoisotopic (exact) mass is 522 g/mol. The van der Waals surface area contributed by atoms with Crippen molar-refractivity contribution in [2.24, 2.45) is 17.6 Å².